The maximum atomic E-state index is 5.73. The molecule has 18 heavy (non-hydrogen) atoms. The minimum atomic E-state index is 0.702. The molecule has 0 aromatic heterocycles. The molecule has 0 spiro atoms. The largest absolute Gasteiger partial charge is 0.494 e. The van der Waals surface area contributed by atoms with E-state index in [1.807, 2.05) is 26.0 Å². The molecule has 1 aliphatic rings. The highest BCUT2D eigenvalue weighted by Gasteiger charge is 2.16. The van der Waals surface area contributed by atoms with E-state index in [1.54, 1.807) is 0 Å². The van der Waals surface area contributed by atoms with E-state index in [9.17, 15) is 0 Å². The third-order valence-corrected chi connectivity index (χ3v) is 3.24. The van der Waals surface area contributed by atoms with Crippen molar-refractivity contribution in [3.63, 3.8) is 0 Å². The second-order valence-electron chi connectivity index (χ2n) is 4.54. The van der Waals surface area contributed by atoms with Gasteiger partial charge in [0.15, 0.2) is 0 Å². The molecule has 2 rings (SSSR count). The number of benzene rings is 1. The first-order chi connectivity index (χ1) is 8.85. The quantitative estimate of drug-likeness (QED) is 0.797. The number of piperidine rings is 1. The van der Waals surface area contributed by atoms with Gasteiger partial charge in [0.05, 0.1) is 18.9 Å². The zero-order chi connectivity index (χ0) is 12.8. The molecule has 1 heterocycles. The third kappa shape index (κ3) is 3.09. The Bertz CT molecular complexity index is 373. The predicted molar refractivity (Wildman–Crippen MR) is 74.8 cm³/mol. The second kappa shape index (κ2) is 6.53. The Morgan fingerprint density at radius 1 is 1.00 bits per heavy atom. The lowest BCUT2D eigenvalue weighted by atomic mass is 10.1. The Morgan fingerprint density at radius 2 is 1.72 bits per heavy atom. The van der Waals surface area contributed by atoms with Gasteiger partial charge in [0.2, 0.25) is 0 Å². The summed E-state index contributed by atoms with van der Waals surface area (Å²) in [6, 6.07) is 6.13. The van der Waals surface area contributed by atoms with Gasteiger partial charge in [-0.15, -0.1) is 0 Å². The lowest BCUT2D eigenvalue weighted by Gasteiger charge is -2.30. The summed E-state index contributed by atoms with van der Waals surface area (Å²) in [6.07, 6.45) is 3.88. The molecule has 3 heteroatoms. The summed E-state index contributed by atoms with van der Waals surface area (Å²) >= 11 is 0. The van der Waals surface area contributed by atoms with Crippen LogP contribution in [-0.2, 0) is 0 Å². The molecule has 0 unspecified atom stereocenters. The van der Waals surface area contributed by atoms with Crippen LogP contribution in [0.15, 0.2) is 18.2 Å². The fourth-order valence-electron chi connectivity index (χ4n) is 2.41. The third-order valence-electron chi connectivity index (χ3n) is 3.24. The summed E-state index contributed by atoms with van der Waals surface area (Å²) in [5, 5.41) is 0. The zero-order valence-corrected chi connectivity index (χ0v) is 11.4. The van der Waals surface area contributed by atoms with Gasteiger partial charge in [0.25, 0.3) is 0 Å². The molecule has 0 radical (unpaired) electrons. The Balaban J connectivity index is 2.23. The van der Waals surface area contributed by atoms with Crippen molar-refractivity contribution in [1.82, 2.24) is 0 Å². The van der Waals surface area contributed by atoms with Crippen molar-refractivity contribution in [3.8, 4) is 11.5 Å². The zero-order valence-electron chi connectivity index (χ0n) is 11.4. The van der Waals surface area contributed by atoms with Crippen molar-refractivity contribution in [2.45, 2.75) is 33.1 Å². The molecule has 100 valence electrons. The minimum absolute atomic E-state index is 0.702. The monoisotopic (exact) mass is 249 g/mol. The average Bonchev–Trinajstić information content (AvgIpc) is 2.42. The number of anilines is 1. The molecule has 1 aromatic carbocycles. The van der Waals surface area contributed by atoms with Crippen LogP contribution < -0.4 is 14.4 Å². The van der Waals surface area contributed by atoms with Crippen LogP contribution in [0.5, 0.6) is 11.5 Å². The van der Waals surface area contributed by atoms with E-state index in [-0.39, 0.29) is 0 Å². The first-order valence-electron chi connectivity index (χ1n) is 6.99. The average molecular weight is 249 g/mol. The maximum absolute atomic E-state index is 5.73. The van der Waals surface area contributed by atoms with Crippen molar-refractivity contribution >= 4 is 5.69 Å². The van der Waals surface area contributed by atoms with E-state index in [2.05, 4.69) is 11.0 Å². The SMILES string of the molecule is CCOc1ccc(OCC)c(N2CCCCC2)c1. The topological polar surface area (TPSA) is 21.7 Å². The highest BCUT2D eigenvalue weighted by atomic mass is 16.5. The summed E-state index contributed by atoms with van der Waals surface area (Å²) in [5.41, 5.74) is 1.18. The summed E-state index contributed by atoms with van der Waals surface area (Å²) < 4.78 is 11.3. The Hall–Kier alpha value is -1.38. The molecule has 3 nitrogen and oxygen atoms in total. The number of hydrogen-bond donors (Lipinski definition) is 0. The lowest BCUT2D eigenvalue weighted by molar-refractivity contribution is 0.330. The molecular weight excluding hydrogens is 226 g/mol. The van der Waals surface area contributed by atoms with E-state index >= 15 is 0 Å². The summed E-state index contributed by atoms with van der Waals surface area (Å²) in [6.45, 7) is 7.68. The summed E-state index contributed by atoms with van der Waals surface area (Å²) in [5.74, 6) is 1.91. The fraction of sp³-hybridized carbons (Fsp3) is 0.600. The first kappa shape index (κ1) is 13.1. The number of ether oxygens (including phenoxy) is 2. The Kier molecular flexibility index (Phi) is 4.73. The van der Waals surface area contributed by atoms with Crippen molar-refractivity contribution in [2.75, 3.05) is 31.2 Å². The van der Waals surface area contributed by atoms with Gasteiger partial charge in [-0.25, -0.2) is 0 Å². The van der Waals surface area contributed by atoms with E-state index in [4.69, 9.17) is 9.47 Å². The van der Waals surface area contributed by atoms with Gasteiger partial charge in [-0.1, -0.05) is 0 Å². The Morgan fingerprint density at radius 3 is 2.39 bits per heavy atom. The predicted octanol–water partition coefficient (Wildman–Crippen LogP) is 3.47. The van der Waals surface area contributed by atoms with Crippen LogP contribution in [0, 0.1) is 0 Å². The molecule has 1 aromatic rings. The van der Waals surface area contributed by atoms with Gasteiger partial charge < -0.3 is 14.4 Å². The number of hydrogen-bond acceptors (Lipinski definition) is 3. The molecule has 0 atom stereocenters. The highest BCUT2D eigenvalue weighted by molar-refractivity contribution is 5.61. The van der Waals surface area contributed by atoms with Gasteiger partial charge in [-0.2, -0.15) is 0 Å². The summed E-state index contributed by atoms with van der Waals surface area (Å²) in [4.78, 5) is 2.41. The van der Waals surface area contributed by atoms with Crippen LogP contribution in [0.3, 0.4) is 0 Å². The van der Waals surface area contributed by atoms with Gasteiger partial charge in [-0.05, 0) is 45.2 Å². The van der Waals surface area contributed by atoms with Crippen LogP contribution in [0.2, 0.25) is 0 Å². The van der Waals surface area contributed by atoms with Crippen LogP contribution in [0.1, 0.15) is 33.1 Å². The van der Waals surface area contributed by atoms with E-state index in [1.165, 1.54) is 24.9 Å². The summed E-state index contributed by atoms with van der Waals surface area (Å²) in [7, 11) is 0. The van der Waals surface area contributed by atoms with Crippen molar-refractivity contribution in [3.05, 3.63) is 18.2 Å². The normalized spacial score (nSPS) is 15.6. The van der Waals surface area contributed by atoms with Crippen molar-refractivity contribution in [1.29, 1.82) is 0 Å². The highest BCUT2D eigenvalue weighted by Crippen LogP contribution is 2.34. The van der Waals surface area contributed by atoms with Crippen LogP contribution in [0.4, 0.5) is 5.69 Å². The van der Waals surface area contributed by atoms with E-state index in [0.29, 0.717) is 13.2 Å². The lowest BCUT2D eigenvalue weighted by Crippen LogP contribution is -2.29. The molecule has 1 aliphatic heterocycles. The Labute approximate surface area is 110 Å². The smallest absolute Gasteiger partial charge is 0.142 e. The van der Waals surface area contributed by atoms with E-state index in [0.717, 1.165) is 24.6 Å². The number of rotatable bonds is 5. The minimum Gasteiger partial charge on any atom is -0.494 e. The van der Waals surface area contributed by atoms with E-state index < -0.39 is 0 Å². The van der Waals surface area contributed by atoms with Crippen molar-refractivity contribution in [2.24, 2.45) is 0 Å². The number of nitrogens with zero attached hydrogens (tertiary/aromatic N) is 1. The van der Waals surface area contributed by atoms with Crippen molar-refractivity contribution < 1.29 is 9.47 Å². The van der Waals surface area contributed by atoms with Gasteiger partial charge in [-0.3, -0.25) is 0 Å². The molecule has 1 saturated heterocycles. The molecule has 0 saturated carbocycles. The molecule has 0 bridgehead atoms. The molecular formula is C15H23NO2. The molecule has 0 N–H and O–H groups in total. The molecule has 1 fully saturated rings. The van der Waals surface area contributed by atoms with Crippen LogP contribution in [0.25, 0.3) is 0 Å². The molecule has 0 amide bonds. The molecule has 0 aliphatic carbocycles. The van der Waals surface area contributed by atoms with Gasteiger partial charge in [0, 0.05) is 19.2 Å². The van der Waals surface area contributed by atoms with Gasteiger partial charge >= 0.3 is 0 Å². The first-order valence-corrected chi connectivity index (χ1v) is 6.99. The second-order valence-corrected chi connectivity index (χ2v) is 4.54. The van der Waals surface area contributed by atoms with Crippen LogP contribution >= 0.6 is 0 Å². The van der Waals surface area contributed by atoms with Gasteiger partial charge in [0.1, 0.15) is 11.5 Å². The van der Waals surface area contributed by atoms with Crippen LogP contribution in [-0.4, -0.2) is 26.3 Å². The maximum Gasteiger partial charge on any atom is 0.142 e. The standard InChI is InChI=1S/C15H23NO2/c1-3-17-13-8-9-15(18-4-2)14(12-13)16-10-6-5-7-11-16/h8-9,12H,3-7,10-11H2,1-2H3. The fourth-order valence-corrected chi connectivity index (χ4v) is 2.41.